The van der Waals surface area contributed by atoms with Crippen molar-refractivity contribution in [1.29, 1.82) is 0 Å². The Bertz CT molecular complexity index is 740. The van der Waals surface area contributed by atoms with E-state index in [4.69, 9.17) is 17.3 Å². The van der Waals surface area contributed by atoms with E-state index in [1.165, 1.54) is 0 Å². The smallest absolute Gasteiger partial charge is 0.131 e. The lowest BCUT2D eigenvalue weighted by atomic mass is 10.1. The predicted octanol–water partition coefficient (Wildman–Crippen LogP) is 3.46. The summed E-state index contributed by atoms with van der Waals surface area (Å²) in [7, 11) is 0. The lowest BCUT2D eigenvalue weighted by molar-refractivity contribution is 1.09. The number of rotatable bonds is 2. The van der Waals surface area contributed by atoms with Crippen molar-refractivity contribution in [2.24, 2.45) is 0 Å². The molecule has 0 aliphatic rings. The fourth-order valence-electron chi connectivity index (χ4n) is 2.11. The van der Waals surface area contributed by atoms with E-state index in [-0.39, 0.29) is 0 Å². The number of aromatic nitrogens is 2. The van der Waals surface area contributed by atoms with Crippen LogP contribution < -0.4 is 5.73 Å². The van der Waals surface area contributed by atoms with Crippen molar-refractivity contribution in [1.82, 2.24) is 9.97 Å². The third-order valence-electron chi connectivity index (χ3n) is 3.04. The van der Waals surface area contributed by atoms with Gasteiger partial charge in [-0.2, -0.15) is 0 Å². The molecule has 3 nitrogen and oxygen atoms in total. The largest absolute Gasteiger partial charge is 0.383 e. The quantitative estimate of drug-likeness (QED) is 0.775. The first kappa shape index (κ1) is 11.9. The van der Waals surface area contributed by atoms with Gasteiger partial charge < -0.3 is 5.73 Å². The van der Waals surface area contributed by atoms with Crippen LogP contribution in [0.2, 0.25) is 5.02 Å². The molecule has 0 saturated carbocycles. The summed E-state index contributed by atoms with van der Waals surface area (Å²) >= 11 is 6.16. The zero-order chi connectivity index (χ0) is 13.2. The van der Waals surface area contributed by atoms with Gasteiger partial charge in [-0.05, 0) is 23.8 Å². The van der Waals surface area contributed by atoms with Gasteiger partial charge in [0.25, 0.3) is 0 Å². The molecule has 0 bridgehead atoms. The Labute approximate surface area is 116 Å². The Balaban J connectivity index is 2.04. The normalized spacial score (nSPS) is 10.8. The molecule has 0 radical (unpaired) electrons. The summed E-state index contributed by atoms with van der Waals surface area (Å²) in [5, 5.41) is 2.67. The average Bonchev–Trinajstić information content (AvgIpc) is 2.42. The zero-order valence-electron chi connectivity index (χ0n) is 10.2. The van der Waals surface area contributed by atoms with E-state index in [1.807, 2.05) is 36.4 Å². The van der Waals surface area contributed by atoms with Crippen LogP contribution in [0.4, 0.5) is 5.82 Å². The molecule has 3 rings (SSSR count). The summed E-state index contributed by atoms with van der Waals surface area (Å²) in [6.45, 7) is 0. The molecule has 0 spiro atoms. The number of anilines is 1. The Morgan fingerprint density at radius 3 is 2.84 bits per heavy atom. The molecule has 0 aliphatic carbocycles. The number of benzene rings is 1. The monoisotopic (exact) mass is 269 g/mol. The first-order valence-corrected chi connectivity index (χ1v) is 6.34. The van der Waals surface area contributed by atoms with Crippen molar-refractivity contribution in [2.75, 3.05) is 5.73 Å². The van der Waals surface area contributed by atoms with Crippen molar-refractivity contribution < 1.29 is 0 Å². The minimum atomic E-state index is 0.530. The van der Waals surface area contributed by atoms with Gasteiger partial charge in [-0.1, -0.05) is 29.8 Å². The molecule has 2 N–H and O–H groups in total. The molecule has 1 aromatic carbocycles. The highest BCUT2D eigenvalue weighted by Gasteiger charge is 2.06. The SMILES string of the molecule is Nc1nc(Cc2ccccc2Cl)cc2cnccc12. The fourth-order valence-corrected chi connectivity index (χ4v) is 2.31. The molecule has 0 amide bonds. The van der Waals surface area contributed by atoms with E-state index in [0.29, 0.717) is 12.2 Å². The fraction of sp³-hybridized carbons (Fsp3) is 0.0667. The standard InChI is InChI=1S/C15H12ClN3/c16-14-4-2-1-3-10(14)7-12-8-11-9-18-6-5-13(11)15(17)19-12/h1-6,8-9H,7H2,(H2,17,19). The minimum absolute atomic E-state index is 0.530. The maximum atomic E-state index is 6.16. The number of hydrogen-bond acceptors (Lipinski definition) is 3. The number of hydrogen-bond donors (Lipinski definition) is 1. The van der Waals surface area contributed by atoms with Crippen LogP contribution in [0.25, 0.3) is 10.8 Å². The Kier molecular flexibility index (Phi) is 3.05. The van der Waals surface area contributed by atoms with Crippen LogP contribution >= 0.6 is 11.6 Å². The summed E-state index contributed by atoms with van der Waals surface area (Å²) in [4.78, 5) is 8.54. The van der Waals surface area contributed by atoms with E-state index < -0.39 is 0 Å². The summed E-state index contributed by atoms with van der Waals surface area (Å²) in [5.41, 5.74) is 7.91. The van der Waals surface area contributed by atoms with Crippen LogP contribution in [0.1, 0.15) is 11.3 Å². The minimum Gasteiger partial charge on any atom is -0.383 e. The molecule has 19 heavy (non-hydrogen) atoms. The number of halogens is 1. The number of pyridine rings is 2. The summed E-state index contributed by atoms with van der Waals surface area (Å²) in [6, 6.07) is 11.6. The third-order valence-corrected chi connectivity index (χ3v) is 3.41. The molecule has 0 fully saturated rings. The summed E-state index contributed by atoms with van der Waals surface area (Å²) < 4.78 is 0. The van der Waals surface area contributed by atoms with E-state index in [9.17, 15) is 0 Å². The first-order chi connectivity index (χ1) is 9.24. The second-order valence-electron chi connectivity index (χ2n) is 4.36. The van der Waals surface area contributed by atoms with Crippen LogP contribution in [0.15, 0.2) is 48.8 Å². The molecule has 0 aliphatic heterocycles. The van der Waals surface area contributed by atoms with Crippen LogP contribution in [-0.2, 0) is 6.42 Å². The summed E-state index contributed by atoms with van der Waals surface area (Å²) in [6.07, 6.45) is 4.17. The van der Waals surface area contributed by atoms with Gasteiger partial charge in [0.05, 0.1) is 0 Å². The van der Waals surface area contributed by atoms with Crippen molar-refractivity contribution >= 4 is 28.2 Å². The van der Waals surface area contributed by atoms with Crippen LogP contribution in [0.3, 0.4) is 0 Å². The molecule has 94 valence electrons. The van der Waals surface area contributed by atoms with E-state index in [1.54, 1.807) is 12.4 Å². The van der Waals surface area contributed by atoms with Crippen LogP contribution in [0.5, 0.6) is 0 Å². The van der Waals surface area contributed by atoms with Gasteiger partial charge in [0.15, 0.2) is 0 Å². The van der Waals surface area contributed by atoms with Gasteiger partial charge >= 0.3 is 0 Å². The van der Waals surface area contributed by atoms with Crippen LogP contribution in [-0.4, -0.2) is 9.97 Å². The highest BCUT2D eigenvalue weighted by Crippen LogP contribution is 2.23. The highest BCUT2D eigenvalue weighted by atomic mass is 35.5. The molecular formula is C15H12ClN3. The number of nitrogens with zero attached hydrogens (tertiary/aromatic N) is 2. The second kappa shape index (κ2) is 4.86. The topological polar surface area (TPSA) is 51.8 Å². The third kappa shape index (κ3) is 2.37. The summed E-state index contributed by atoms with van der Waals surface area (Å²) in [5.74, 6) is 0.530. The molecule has 0 unspecified atom stereocenters. The average molecular weight is 270 g/mol. The van der Waals surface area contributed by atoms with Gasteiger partial charge in [0, 0.05) is 40.3 Å². The van der Waals surface area contributed by atoms with Crippen molar-refractivity contribution in [3.05, 3.63) is 65.1 Å². The maximum Gasteiger partial charge on any atom is 0.131 e. The van der Waals surface area contributed by atoms with Gasteiger partial charge in [-0.25, -0.2) is 4.98 Å². The van der Waals surface area contributed by atoms with E-state index >= 15 is 0 Å². The van der Waals surface area contributed by atoms with Gasteiger partial charge in [0.1, 0.15) is 5.82 Å². The maximum absolute atomic E-state index is 6.16. The van der Waals surface area contributed by atoms with Crippen LogP contribution in [0, 0.1) is 0 Å². The van der Waals surface area contributed by atoms with Gasteiger partial charge in [-0.15, -0.1) is 0 Å². The zero-order valence-corrected chi connectivity index (χ0v) is 10.9. The van der Waals surface area contributed by atoms with Crippen molar-refractivity contribution in [3.8, 4) is 0 Å². The number of fused-ring (bicyclic) bond motifs is 1. The highest BCUT2D eigenvalue weighted by molar-refractivity contribution is 6.31. The lowest BCUT2D eigenvalue weighted by Crippen LogP contribution is -1.99. The van der Waals surface area contributed by atoms with Gasteiger partial charge in [-0.3, -0.25) is 4.98 Å². The molecule has 2 aromatic heterocycles. The van der Waals surface area contributed by atoms with E-state index in [2.05, 4.69) is 9.97 Å². The molecule has 2 heterocycles. The van der Waals surface area contributed by atoms with Crippen molar-refractivity contribution in [3.63, 3.8) is 0 Å². The molecule has 0 atom stereocenters. The number of nitrogen functional groups attached to an aromatic ring is 1. The molecule has 0 saturated heterocycles. The molecular weight excluding hydrogens is 258 g/mol. The van der Waals surface area contributed by atoms with Crippen molar-refractivity contribution in [2.45, 2.75) is 6.42 Å². The van der Waals surface area contributed by atoms with Gasteiger partial charge in [0.2, 0.25) is 0 Å². The predicted molar refractivity (Wildman–Crippen MR) is 78.2 cm³/mol. The molecule has 3 aromatic rings. The second-order valence-corrected chi connectivity index (χ2v) is 4.77. The first-order valence-electron chi connectivity index (χ1n) is 5.96. The lowest BCUT2D eigenvalue weighted by Gasteiger charge is -2.07. The van der Waals surface area contributed by atoms with E-state index in [0.717, 1.165) is 27.1 Å². The Hall–Kier alpha value is -2.13. The Morgan fingerprint density at radius 1 is 1.16 bits per heavy atom. The molecule has 4 heteroatoms. The number of nitrogens with two attached hydrogens (primary N) is 1. The Morgan fingerprint density at radius 2 is 2.00 bits per heavy atom.